The number of halogens is 2. The number of nitrogens with one attached hydrogen (secondary N) is 1. The average Bonchev–Trinajstić information content (AvgIpc) is 3.26. The number of aryl methyl sites for hydroxylation is 1. The fourth-order valence-corrected chi connectivity index (χ4v) is 5.41. The van der Waals surface area contributed by atoms with Crippen molar-refractivity contribution in [1.29, 1.82) is 0 Å². The van der Waals surface area contributed by atoms with Gasteiger partial charge in [0, 0.05) is 24.4 Å². The number of hydrogen-bond acceptors (Lipinski definition) is 3. The van der Waals surface area contributed by atoms with Crippen molar-refractivity contribution in [3.05, 3.63) is 77.4 Å². The molecule has 1 spiro atoms. The van der Waals surface area contributed by atoms with Gasteiger partial charge >= 0.3 is 6.03 Å². The Labute approximate surface area is 177 Å². The molecule has 2 heterocycles. The van der Waals surface area contributed by atoms with E-state index in [4.69, 9.17) is 0 Å². The fraction of sp³-hybridized carbons (Fsp3) is 0.273. The van der Waals surface area contributed by atoms with E-state index in [9.17, 15) is 18.4 Å². The van der Waals surface area contributed by atoms with E-state index in [1.165, 1.54) is 17.8 Å². The van der Waals surface area contributed by atoms with Gasteiger partial charge in [-0.05, 0) is 30.7 Å². The Kier molecular flexibility index (Phi) is 5.27. The molecule has 2 aliphatic rings. The number of benzene rings is 2. The molecule has 2 aromatic rings. The molecule has 0 aliphatic carbocycles. The largest absolute Gasteiger partial charge is 0.334 e. The minimum absolute atomic E-state index is 0.0799. The number of urea groups is 1. The van der Waals surface area contributed by atoms with Crippen molar-refractivity contribution in [3.8, 4) is 0 Å². The normalized spacial score (nSPS) is 20.0. The highest BCUT2D eigenvalue weighted by atomic mass is 32.2. The summed E-state index contributed by atoms with van der Waals surface area (Å²) >= 11 is 1.42. The topological polar surface area (TPSA) is 52.7 Å². The van der Waals surface area contributed by atoms with Gasteiger partial charge in [-0.1, -0.05) is 29.8 Å². The van der Waals surface area contributed by atoms with E-state index in [1.807, 2.05) is 25.1 Å². The van der Waals surface area contributed by atoms with Crippen LogP contribution >= 0.6 is 11.8 Å². The average molecular weight is 429 g/mol. The van der Waals surface area contributed by atoms with Gasteiger partial charge in [0.15, 0.2) is 16.5 Å². The molecular formula is C22H21F2N3O2S. The first kappa shape index (κ1) is 20.4. The van der Waals surface area contributed by atoms with Crippen molar-refractivity contribution < 1.29 is 18.4 Å². The van der Waals surface area contributed by atoms with Crippen LogP contribution in [0.3, 0.4) is 0 Å². The van der Waals surface area contributed by atoms with Gasteiger partial charge in [-0.2, -0.15) is 0 Å². The molecule has 5 nitrogen and oxygen atoms in total. The van der Waals surface area contributed by atoms with Gasteiger partial charge in [0.25, 0.3) is 5.91 Å². The first-order valence-corrected chi connectivity index (χ1v) is 10.5. The summed E-state index contributed by atoms with van der Waals surface area (Å²) in [6, 6.07) is 8.93. The summed E-state index contributed by atoms with van der Waals surface area (Å²) in [5.74, 6) is -1.54. The maximum Gasteiger partial charge on any atom is 0.319 e. The van der Waals surface area contributed by atoms with Crippen LogP contribution in [-0.4, -0.2) is 35.7 Å². The third-order valence-corrected chi connectivity index (χ3v) is 6.74. The summed E-state index contributed by atoms with van der Waals surface area (Å²) in [4.78, 5) is 28.5. The van der Waals surface area contributed by atoms with Gasteiger partial charge in [0.1, 0.15) is 0 Å². The standard InChI is InChI=1S/C22H21F2N3O2S/c1-3-8-25-21(29)27-9-10-30-22(27)16-11-14(2)4-7-19(16)26(20(22)28)13-15-5-6-17(23)18(24)12-15/h3-7,11-12H,1,8-10,13H2,2H3,(H,25,29)/t22-/m0/s1. The maximum atomic E-state index is 13.7. The zero-order chi connectivity index (χ0) is 21.5. The highest BCUT2D eigenvalue weighted by molar-refractivity contribution is 8.01. The van der Waals surface area contributed by atoms with Crippen LogP contribution in [0.1, 0.15) is 16.7 Å². The van der Waals surface area contributed by atoms with E-state index in [-0.39, 0.29) is 18.5 Å². The number of rotatable bonds is 4. The van der Waals surface area contributed by atoms with Crippen molar-refractivity contribution in [2.45, 2.75) is 18.3 Å². The van der Waals surface area contributed by atoms with Crippen LogP contribution in [0.2, 0.25) is 0 Å². The van der Waals surface area contributed by atoms with E-state index in [1.54, 1.807) is 15.9 Å². The minimum Gasteiger partial charge on any atom is -0.334 e. The maximum absolute atomic E-state index is 13.7. The van der Waals surface area contributed by atoms with Crippen LogP contribution in [0.15, 0.2) is 49.1 Å². The number of carbonyl (C=O) groups excluding carboxylic acids is 2. The molecule has 2 aromatic carbocycles. The highest BCUT2D eigenvalue weighted by Crippen LogP contribution is 2.54. The Morgan fingerprint density at radius 3 is 2.80 bits per heavy atom. The second-order valence-electron chi connectivity index (χ2n) is 7.28. The lowest BCUT2D eigenvalue weighted by molar-refractivity contribution is -0.123. The monoisotopic (exact) mass is 429 g/mol. The Hall–Kier alpha value is -2.87. The quantitative estimate of drug-likeness (QED) is 0.750. The minimum atomic E-state index is -1.18. The van der Waals surface area contributed by atoms with Crippen molar-refractivity contribution in [1.82, 2.24) is 10.2 Å². The van der Waals surface area contributed by atoms with Gasteiger partial charge < -0.3 is 10.2 Å². The molecule has 1 N–H and O–H groups in total. The van der Waals surface area contributed by atoms with Gasteiger partial charge in [-0.25, -0.2) is 13.6 Å². The van der Waals surface area contributed by atoms with E-state index in [0.29, 0.717) is 30.1 Å². The number of hydrogen-bond donors (Lipinski definition) is 1. The van der Waals surface area contributed by atoms with Gasteiger partial charge in [0.05, 0.1) is 12.2 Å². The predicted octanol–water partition coefficient (Wildman–Crippen LogP) is 3.92. The summed E-state index contributed by atoms with van der Waals surface area (Å²) in [6.45, 7) is 6.34. The lowest BCUT2D eigenvalue weighted by Crippen LogP contribution is -2.53. The molecule has 1 saturated heterocycles. The molecule has 0 radical (unpaired) electrons. The van der Waals surface area contributed by atoms with Gasteiger partial charge in [-0.15, -0.1) is 18.3 Å². The number of nitrogens with zero attached hydrogens (tertiary/aromatic N) is 2. The van der Waals surface area contributed by atoms with E-state index in [0.717, 1.165) is 23.3 Å². The summed E-state index contributed by atoms with van der Waals surface area (Å²) in [6.07, 6.45) is 1.58. The molecule has 30 heavy (non-hydrogen) atoms. The van der Waals surface area contributed by atoms with Gasteiger partial charge in [0.2, 0.25) is 0 Å². The fourth-order valence-electron chi connectivity index (χ4n) is 3.96. The summed E-state index contributed by atoms with van der Waals surface area (Å²) in [5, 5.41) is 2.76. The molecule has 0 unspecified atom stereocenters. The lowest BCUT2D eigenvalue weighted by Gasteiger charge is -2.33. The number of anilines is 1. The highest BCUT2D eigenvalue weighted by Gasteiger charge is 2.59. The lowest BCUT2D eigenvalue weighted by atomic mass is 10.0. The third kappa shape index (κ3) is 3.15. The molecule has 1 fully saturated rings. The zero-order valence-corrected chi connectivity index (χ0v) is 17.3. The molecule has 4 rings (SSSR count). The second kappa shape index (κ2) is 7.75. The molecular weight excluding hydrogens is 408 g/mol. The Morgan fingerprint density at radius 1 is 1.27 bits per heavy atom. The SMILES string of the molecule is C=CCNC(=O)N1CCS[C@@]12C(=O)N(Cc1ccc(F)c(F)c1)c1ccc(C)cc12. The van der Waals surface area contributed by atoms with Crippen molar-refractivity contribution in [3.63, 3.8) is 0 Å². The summed E-state index contributed by atoms with van der Waals surface area (Å²) in [7, 11) is 0. The zero-order valence-electron chi connectivity index (χ0n) is 16.5. The smallest absolute Gasteiger partial charge is 0.319 e. The number of fused-ring (bicyclic) bond motifs is 2. The molecule has 156 valence electrons. The van der Waals surface area contributed by atoms with Crippen LogP contribution in [0.5, 0.6) is 0 Å². The second-order valence-corrected chi connectivity index (χ2v) is 8.57. The van der Waals surface area contributed by atoms with Crippen LogP contribution in [0.25, 0.3) is 0 Å². The first-order chi connectivity index (χ1) is 14.4. The van der Waals surface area contributed by atoms with E-state index >= 15 is 0 Å². The first-order valence-electron chi connectivity index (χ1n) is 9.56. The van der Waals surface area contributed by atoms with Crippen molar-refractivity contribution in [2.24, 2.45) is 0 Å². The van der Waals surface area contributed by atoms with Crippen LogP contribution in [0, 0.1) is 18.6 Å². The van der Waals surface area contributed by atoms with Crippen LogP contribution in [-0.2, 0) is 16.2 Å². The van der Waals surface area contributed by atoms with Crippen molar-refractivity contribution >= 4 is 29.4 Å². The number of amides is 3. The molecule has 0 saturated carbocycles. The molecule has 0 bridgehead atoms. The number of carbonyl (C=O) groups is 2. The molecule has 2 aliphatic heterocycles. The molecule has 8 heteroatoms. The third-order valence-electron chi connectivity index (χ3n) is 5.32. The molecule has 1 atom stereocenters. The van der Waals surface area contributed by atoms with Gasteiger partial charge in [-0.3, -0.25) is 9.69 Å². The van der Waals surface area contributed by atoms with E-state index < -0.39 is 16.5 Å². The Bertz CT molecular complexity index is 1050. The predicted molar refractivity (Wildman–Crippen MR) is 113 cm³/mol. The molecule has 3 amide bonds. The Morgan fingerprint density at radius 2 is 2.07 bits per heavy atom. The van der Waals surface area contributed by atoms with E-state index in [2.05, 4.69) is 11.9 Å². The van der Waals surface area contributed by atoms with Crippen molar-refractivity contribution in [2.75, 3.05) is 23.7 Å². The van der Waals surface area contributed by atoms with Crippen LogP contribution in [0.4, 0.5) is 19.3 Å². The molecule has 0 aromatic heterocycles. The number of thioether (sulfide) groups is 1. The summed E-state index contributed by atoms with van der Waals surface area (Å²) in [5.41, 5.74) is 2.85. The summed E-state index contributed by atoms with van der Waals surface area (Å²) < 4.78 is 27.1. The van der Waals surface area contributed by atoms with Crippen LogP contribution < -0.4 is 10.2 Å². The Balaban J connectivity index is 1.77.